The Bertz CT molecular complexity index is 788. The smallest absolute Gasteiger partial charge is 0.243 e. The molecule has 1 atom stereocenters. The fraction of sp³-hybridized carbons (Fsp3) is 0.529. The molecule has 146 valence electrons. The van der Waals surface area contributed by atoms with Crippen LogP contribution in [-0.2, 0) is 19.6 Å². The molecule has 0 heterocycles. The summed E-state index contributed by atoms with van der Waals surface area (Å²) in [7, 11) is -0.744. The SMILES string of the molecule is Cc1cc(S(=O)(=O)N(C)C)cc(NC(=O)CNC(=O)[C@@H](N)C(C)C)c1C. The first kappa shape index (κ1) is 22.1. The van der Waals surface area contributed by atoms with Crippen molar-refractivity contribution in [3.63, 3.8) is 0 Å². The summed E-state index contributed by atoms with van der Waals surface area (Å²) in [5.41, 5.74) is 7.59. The lowest BCUT2D eigenvalue weighted by molar-refractivity contribution is -0.125. The molecule has 1 aromatic rings. The number of hydrogen-bond acceptors (Lipinski definition) is 5. The van der Waals surface area contributed by atoms with E-state index in [1.165, 1.54) is 20.2 Å². The average Bonchev–Trinajstić information content (AvgIpc) is 2.55. The number of carbonyl (C=O) groups excluding carboxylic acids is 2. The van der Waals surface area contributed by atoms with Crippen molar-refractivity contribution in [3.8, 4) is 0 Å². The van der Waals surface area contributed by atoms with E-state index in [-0.39, 0.29) is 17.4 Å². The molecule has 0 unspecified atom stereocenters. The molecule has 0 aliphatic heterocycles. The normalized spacial score (nSPS) is 13.0. The van der Waals surface area contributed by atoms with Crippen molar-refractivity contribution in [2.45, 2.75) is 38.6 Å². The molecular weight excluding hydrogens is 356 g/mol. The standard InChI is InChI=1S/C17H28N4O4S/c1-10(2)16(18)17(23)19-9-15(22)20-14-8-13(7-11(3)12(14)4)26(24,25)21(5)6/h7-8,10,16H,9,18H2,1-6H3,(H,19,23)(H,20,22)/t16-/m0/s1. The van der Waals surface area contributed by atoms with Gasteiger partial charge in [0.1, 0.15) is 0 Å². The quantitative estimate of drug-likeness (QED) is 0.635. The van der Waals surface area contributed by atoms with Crippen LogP contribution >= 0.6 is 0 Å². The van der Waals surface area contributed by atoms with Gasteiger partial charge in [-0.1, -0.05) is 13.8 Å². The number of anilines is 1. The van der Waals surface area contributed by atoms with Crippen LogP contribution in [0.4, 0.5) is 5.69 Å². The van der Waals surface area contributed by atoms with Crippen LogP contribution in [0.5, 0.6) is 0 Å². The van der Waals surface area contributed by atoms with E-state index < -0.39 is 27.9 Å². The second-order valence-corrected chi connectivity index (χ2v) is 8.89. The highest BCUT2D eigenvalue weighted by molar-refractivity contribution is 7.89. The predicted octanol–water partition coefficient (Wildman–Crippen LogP) is 0.592. The van der Waals surface area contributed by atoms with Crippen LogP contribution in [0, 0.1) is 19.8 Å². The molecule has 1 rings (SSSR count). The van der Waals surface area contributed by atoms with Crippen molar-refractivity contribution in [2.24, 2.45) is 11.7 Å². The van der Waals surface area contributed by atoms with E-state index in [4.69, 9.17) is 5.73 Å². The molecule has 0 aliphatic rings. The van der Waals surface area contributed by atoms with Gasteiger partial charge in [0, 0.05) is 19.8 Å². The second-order valence-electron chi connectivity index (χ2n) is 6.74. The summed E-state index contributed by atoms with van der Waals surface area (Å²) in [6.07, 6.45) is 0. The zero-order valence-corrected chi connectivity index (χ0v) is 16.9. The van der Waals surface area contributed by atoms with Crippen molar-refractivity contribution in [2.75, 3.05) is 26.0 Å². The molecule has 1 aromatic carbocycles. The van der Waals surface area contributed by atoms with E-state index in [2.05, 4.69) is 10.6 Å². The molecule has 0 fully saturated rings. The number of hydrogen-bond donors (Lipinski definition) is 3. The molecular formula is C17H28N4O4S. The zero-order valence-electron chi connectivity index (χ0n) is 16.1. The number of rotatable bonds is 7. The van der Waals surface area contributed by atoms with Crippen LogP contribution in [0.25, 0.3) is 0 Å². The maximum Gasteiger partial charge on any atom is 0.243 e. The summed E-state index contributed by atoms with van der Waals surface area (Å²) in [6, 6.07) is 2.28. The van der Waals surface area contributed by atoms with E-state index in [0.717, 1.165) is 15.4 Å². The molecule has 0 saturated heterocycles. The lowest BCUT2D eigenvalue weighted by Crippen LogP contribution is -2.46. The minimum atomic E-state index is -3.63. The Balaban J connectivity index is 2.95. The number of benzene rings is 1. The maximum atomic E-state index is 12.3. The second kappa shape index (κ2) is 8.61. The van der Waals surface area contributed by atoms with Gasteiger partial charge in [-0.3, -0.25) is 9.59 Å². The van der Waals surface area contributed by atoms with Crippen LogP contribution < -0.4 is 16.4 Å². The van der Waals surface area contributed by atoms with Gasteiger partial charge in [0.25, 0.3) is 0 Å². The number of carbonyl (C=O) groups is 2. The van der Waals surface area contributed by atoms with Crippen LogP contribution in [0.1, 0.15) is 25.0 Å². The van der Waals surface area contributed by atoms with Crippen LogP contribution in [0.3, 0.4) is 0 Å². The van der Waals surface area contributed by atoms with Crippen molar-refractivity contribution in [1.82, 2.24) is 9.62 Å². The average molecular weight is 385 g/mol. The van der Waals surface area contributed by atoms with E-state index in [9.17, 15) is 18.0 Å². The largest absolute Gasteiger partial charge is 0.346 e. The van der Waals surface area contributed by atoms with Gasteiger partial charge in [0.2, 0.25) is 21.8 Å². The van der Waals surface area contributed by atoms with Gasteiger partial charge in [-0.2, -0.15) is 0 Å². The Morgan fingerprint density at radius 2 is 1.77 bits per heavy atom. The first-order valence-corrected chi connectivity index (χ1v) is 9.68. The highest BCUT2D eigenvalue weighted by Crippen LogP contribution is 2.25. The lowest BCUT2D eigenvalue weighted by atomic mass is 10.1. The molecule has 0 aromatic heterocycles. The van der Waals surface area contributed by atoms with Crippen molar-refractivity contribution in [1.29, 1.82) is 0 Å². The van der Waals surface area contributed by atoms with Crippen LogP contribution in [-0.4, -0.2) is 51.2 Å². The van der Waals surface area contributed by atoms with Gasteiger partial charge >= 0.3 is 0 Å². The highest BCUT2D eigenvalue weighted by Gasteiger charge is 2.21. The summed E-state index contributed by atoms with van der Waals surface area (Å²) >= 11 is 0. The van der Waals surface area contributed by atoms with Gasteiger partial charge in [0.05, 0.1) is 17.5 Å². The molecule has 4 N–H and O–H groups in total. The van der Waals surface area contributed by atoms with Crippen molar-refractivity contribution >= 4 is 27.5 Å². The summed E-state index contributed by atoms with van der Waals surface area (Å²) in [5.74, 6) is -0.918. The molecule has 0 aliphatic carbocycles. The van der Waals surface area contributed by atoms with Gasteiger partial charge in [-0.15, -0.1) is 0 Å². The van der Waals surface area contributed by atoms with Gasteiger partial charge in [0.15, 0.2) is 0 Å². The molecule has 9 heteroatoms. The van der Waals surface area contributed by atoms with Crippen LogP contribution in [0.15, 0.2) is 17.0 Å². The number of sulfonamides is 1. The third-order valence-electron chi connectivity index (χ3n) is 4.14. The number of nitrogens with two attached hydrogens (primary N) is 1. The Morgan fingerprint density at radius 3 is 2.27 bits per heavy atom. The van der Waals surface area contributed by atoms with Crippen molar-refractivity contribution < 1.29 is 18.0 Å². The lowest BCUT2D eigenvalue weighted by Gasteiger charge is -2.17. The highest BCUT2D eigenvalue weighted by atomic mass is 32.2. The number of aryl methyl sites for hydroxylation is 1. The number of amides is 2. The van der Waals surface area contributed by atoms with E-state index in [0.29, 0.717) is 5.69 Å². The van der Waals surface area contributed by atoms with Gasteiger partial charge in [-0.25, -0.2) is 12.7 Å². The summed E-state index contributed by atoms with van der Waals surface area (Å²) in [5, 5.41) is 5.13. The Labute approximate surface area is 155 Å². The first-order chi connectivity index (χ1) is 11.9. The minimum absolute atomic E-state index is 0.0455. The van der Waals surface area contributed by atoms with Gasteiger partial charge in [-0.05, 0) is 43.0 Å². The summed E-state index contributed by atoms with van der Waals surface area (Å²) in [6.45, 7) is 6.93. The van der Waals surface area contributed by atoms with E-state index in [1.807, 2.05) is 13.8 Å². The fourth-order valence-corrected chi connectivity index (χ4v) is 3.11. The maximum absolute atomic E-state index is 12.3. The molecule has 0 radical (unpaired) electrons. The van der Waals surface area contributed by atoms with Crippen molar-refractivity contribution in [3.05, 3.63) is 23.3 Å². The third kappa shape index (κ3) is 5.26. The molecule has 0 saturated carbocycles. The van der Waals surface area contributed by atoms with Crippen LogP contribution in [0.2, 0.25) is 0 Å². The molecule has 26 heavy (non-hydrogen) atoms. The van der Waals surface area contributed by atoms with E-state index >= 15 is 0 Å². The van der Waals surface area contributed by atoms with Gasteiger partial charge < -0.3 is 16.4 Å². The minimum Gasteiger partial charge on any atom is -0.346 e. The summed E-state index contributed by atoms with van der Waals surface area (Å²) < 4.78 is 25.8. The van der Waals surface area contributed by atoms with E-state index in [1.54, 1.807) is 19.9 Å². The monoisotopic (exact) mass is 384 g/mol. The first-order valence-electron chi connectivity index (χ1n) is 8.24. The number of nitrogens with zero attached hydrogens (tertiary/aromatic N) is 1. The summed E-state index contributed by atoms with van der Waals surface area (Å²) in [4.78, 5) is 24.1. The third-order valence-corrected chi connectivity index (χ3v) is 5.93. The fourth-order valence-electron chi connectivity index (χ4n) is 2.10. The topological polar surface area (TPSA) is 122 Å². The predicted molar refractivity (Wildman–Crippen MR) is 101 cm³/mol. The Kier molecular flexibility index (Phi) is 7.31. The number of nitrogens with one attached hydrogen (secondary N) is 2. The molecule has 8 nitrogen and oxygen atoms in total. The molecule has 2 amide bonds. The zero-order chi connectivity index (χ0) is 20.2. The Hall–Kier alpha value is -1.97. The Morgan fingerprint density at radius 1 is 1.19 bits per heavy atom. The molecule has 0 bridgehead atoms. The molecule has 0 spiro atoms.